The largest absolute Gasteiger partial charge is 0.507 e. The quantitative estimate of drug-likeness (QED) is 0.464. The number of alkyl halides is 3. The molecule has 1 aliphatic rings. The molecular weight excluding hydrogens is 451 g/mol. The lowest BCUT2D eigenvalue weighted by atomic mass is 9.98. The number of ether oxygens (including phenoxy) is 2. The molecule has 3 aromatic rings. The molecule has 9 heteroatoms. The number of methoxy groups -OCH3 is 1. The van der Waals surface area contributed by atoms with Crippen molar-refractivity contribution in [1.29, 1.82) is 0 Å². The fourth-order valence-corrected chi connectivity index (χ4v) is 4.41. The zero-order valence-electron chi connectivity index (χ0n) is 18.9. The van der Waals surface area contributed by atoms with Crippen LogP contribution < -0.4 is 14.9 Å². The van der Waals surface area contributed by atoms with Crippen LogP contribution in [0.2, 0.25) is 0 Å². The van der Waals surface area contributed by atoms with Crippen LogP contribution in [0.15, 0.2) is 45.6 Å². The normalized spacial score (nSPS) is 17.1. The SMILES string of the molecule is CCC1CCCCN1Cc1c(O)ccc2c(=O)c(Oc3ccc(OC)cc3)c(C(F)(F)F)oc12. The fraction of sp³-hybridized carbons (Fsp3) is 0.400. The van der Waals surface area contributed by atoms with Crippen molar-refractivity contribution in [3.63, 3.8) is 0 Å². The predicted molar refractivity (Wildman–Crippen MR) is 121 cm³/mol. The van der Waals surface area contributed by atoms with Crippen molar-refractivity contribution in [3.05, 3.63) is 57.9 Å². The molecule has 0 spiro atoms. The molecule has 0 radical (unpaired) electrons. The molecule has 6 nitrogen and oxygen atoms in total. The Morgan fingerprint density at radius 3 is 2.47 bits per heavy atom. The number of benzene rings is 2. The van der Waals surface area contributed by atoms with Gasteiger partial charge < -0.3 is 19.0 Å². The van der Waals surface area contributed by atoms with E-state index in [2.05, 4.69) is 11.8 Å². The Bertz CT molecular complexity index is 1220. The van der Waals surface area contributed by atoms with Gasteiger partial charge in [-0.15, -0.1) is 0 Å². The molecule has 1 aliphatic heterocycles. The maximum atomic E-state index is 14.0. The molecule has 1 saturated heterocycles. The molecule has 2 heterocycles. The fourth-order valence-electron chi connectivity index (χ4n) is 4.41. The number of halogens is 3. The van der Waals surface area contributed by atoms with Gasteiger partial charge >= 0.3 is 6.18 Å². The van der Waals surface area contributed by atoms with E-state index < -0.39 is 23.1 Å². The Kier molecular flexibility index (Phi) is 6.74. The number of nitrogens with zero attached hydrogens (tertiary/aromatic N) is 1. The Labute approximate surface area is 194 Å². The minimum absolute atomic E-state index is 0.0241. The zero-order chi connectivity index (χ0) is 24.5. The van der Waals surface area contributed by atoms with Crippen molar-refractivity contribution in [2.75, 3.05) is 13.7 Å². The van der Waals surface area contributed by atoms with Crippen LogP contribution in [0, 0.1) is 0 Å². The maximum Gasteiger partial charge on any atom is 0.453 e. The summed E-state index contributed by atoms with van der Waals surface area (Å²) in [5.41, 5.74) is -1.08. The molecular formula is C25H26F3NO5. The number of phenols is 1. The number of piperidine rings is 1. The van der Waals surface area contributed by atoms with Gasteiger partial charge in [0.2, 0.25) is 11.2 Å². The second kappa shape index (κ2) is 9.58. The van der Waals surface area contributed by atoms with E-state index in [1.807, 2.05) is 0 Å². The monoisotopic (exact) mass is 477 g/mol. The highest BCUT2D eigenvalue weighted by molar-refractivity contribution is 5.83. The van der Waals surface area contributed by atoms with Crippen LogP contribution in [-0.2, 0) is 12.7 Å². The number of fused-ring (bicyclic) bond motifs is 1. The molecule has 34 heavy (non-hydrogen) atoms. The molecule has 1 unspecified atom stereocenters. The van der Waals surface area contributed by atoms with Gasteiger partial charge in [0.25, 0.3) is 5.76 Å². The number of aromatic hydroxyl groups is 1. The number of phenolic OH excluding ortho intramolecular Hbond substituents is 1. The lowest BCUT2D eigenvalue weighted by molar-refractivity contribution is -0.154. The molecule has 0 bridgehead atoms. The highest BCUT2D eigenvalue weighted by Crippen LogP contribution is 2.40. The van der Waals surface area contributed by atoms with Crippen molar-refractivity contribution < 1.29 is 32.2 Å². The van der Waals surface area contributed by atoms with Crippen LogP contribution in [0.4, 0.5) is 13.2 Å². The van der Waals surface area contributed by atoms with Crippen LogP contribution in [0.1, 0.15) is 43.9 Å². The predicted octanol–water partition coefficient (Wildman–Crippen LogP) is 6.08. The second-order valence-corrected chi connectivity index (χ2v) is 8.33. The molecule has 1 atom stereocenters. The molecule has 0 amide bonds. The maximum absolute atomic E-state index is 14.0. The Morgan fingerprint density at radius 2 is 1.82 bits per heavy atom. The number of hydrogen-bond acceptors (Lipinski definition) is 6. The van der Waals surface area contributed by atoms with Crippen LogP contribution in [0.25, 0.3) is 11.0 Å². The summed E-state index contributed by atoms with van der Waals surface area (Å²) in [4.78, 5) is 15.3. The summed E-state index contributed by atoms with van der Waals surface area (Å²) in [7, 11) is 1.45. The number of rotatable bonds is 6. The van der Waals surface area contributed by atoms with E-state index in [-0.39, 0.29) is 40.6 Å². The van der Waals surface area contributed by atoms with E-state index in [1.165, 1.54) is 43.5 Å². The summed E-state index contributed by atoms with van der Waals surface area (Å²) in [6.07, 6.45) is -1.10. The van der Waals surface area contributed by atoms with E-state index in [4.69, 9.17) is 13.9 Å². The lowest BCUT2D eigenvalue weighted by Crippen LogP contribution is -2.38. The third kappa shape index (κ3) is 4.70. The van der Waals surface area contributed by atoms with Gasteiger partial charge in [0.1, 0.15) is 22.8 Å². The molecule has 1 aromatic heterocycles. The van der Waals surface area contributed by atoms with Crippen molar-refractivity contribution in [2.45, 2.75) is 51.4 Å². The van der Waals surface area contributed by atoms with Crippen LogP contribution in [0.3, 0.4) is 0 Å². The molecule has 4 rings (SSSR count). The highest BCUT2D eigenvalue weighted by Gasteiger charge is 2.41. The van der Waals surface area contributed by atoms with Crippen LogP contribution in [-0.4, -0.2) is 29.7 Å². The summed E-state index contributed by atoms with van der Waals surface area (Å²) in [6, 6.07) is 8.61. The van der Waals surface area contributed by atoms with Gasteiger partial charge in [0, 0.05) is 12.6 Å². The van der Waals surface area contributed by atoms with Crippen LogP contribution >= 0.6 is 0 Å². The van der Waals surface area contributed by atoms with Gasteiger partial charge in [-0.25, -0.2) is 0 Å². The summed E-state index contributed by atoms with van der Waals surface area (Å²) in [5.74, 6) is -2.20. The van der Waals surface area contributed by atoms with Gasteiger partial charge in [-0.2, -0.15) is 13.2 Å². The first-order valence-corrected chi connectivity index (χ1v) is 11.2. The van der Waals surface area contributed by atoms with Crippen molar-refractivity contribution in [2.24, 2.45) is 0 Å². The third-order valence-corrected chi connectivity index (χ3v) is 6.22. The summed E-state index contributed by atoms with van der Waals surface area (Å²) >= 11 is 0. The first-order valence-electron chi connectivity index (χ1n) is 11.2. The third-order valence-electron chi connectivity index (χ3n) is 6.22. The van der Waals surface area contributed by atoms with Crippen molar-refractivity contribution >= 4 is 11.0 Å². The molecule has 182 valence electrons. The smallest absolute Gasteiger partial charge is 0.453 e. The van der Waals surface area contributed by atoms with Crippen LogP contribution in [0.5, 0.6) is 23.0 Å². The molecule has 1 N–H and O–H groups in total. The average molecular weight is 477 g/mol. The van der Waals surface area contributed by atoms with Gasteiger partial charge in [-0.05, 0) is 62.2 Å². The lowest BCUT2D eigenvalue weighted by Gasteiger charge is -2.35. The van der Waals surface area contributed by atoms with E-state index >= 15 is 0 Å². The van der Waals surface area contributed by atoms with E-state index in [9.17, 15) is 23.1 Å². The van der Waals surface area contributed by atoms with E-state index in [1.54, 1.807) is 0 Å². The highest BCUT2D eigenvalue weighted by atomic mass is 19.4. The van der Waals surface area contributed by atoms with Crippen molar-refractivity contribution in [1.82, 2.24) is 4.90 Å². The Hall–Kier alpha value is -3.20. The van der Waals surface area contributed by atoms with E-state index in [0.29, 0.717) is 5.75 Å². The summed E-state index contributed by atoms with van der Waals surface area (Å²) in [5, 5.41) is 10.4. The topological polar surface area (TPSA) is 72.1 Å². The van der Waals surface area contributed by atoms with Crippen molar-refractivity contribution in [3.8, 4) is 23.0 Å². The van der Waals surface area contributed by atoms with Gasteiger partial charge in [0.05, 0.1) is 18.1 Å². The standard InChI is InChI=1S/C25H26F3NO5/c1-3-15-6-4-5-13-29(15)14-19-20(30)12-11-18-21(31)23(24(25(26,27)28)34-22(18)19)33-17-9-7-16(32-2)8-10-17/h7-12,15,30H,3-6,13-14H2,1-2H3. The summed E-state index contributed by atoms with van der Waals surface area (Å²) in [6.45, 7) is 2.99. The van der Waals surface area contributed by atoms with E-state index in [0.717, 1.165) is 32.2 Å². The number of likely N-dealkylation sites (tertiary alicyclic amines) is 1. The summed E-state index contributed by atoms with van der Waals surface area (Å²) < 4.78 is 57.7. The molecule has 0 aliphatic carbocycles. The second-order valence-electron chi connectivity index (χ2n) is 8.33. The van der Waals surface area contributed by atoms with Gasteiger partial charge in [0.15, 0.2) is 0 Å². The Balaban J connectivity index is 1.84. The first-order chi connectivity index (χ1) is 16.2. The molecule has 1 fully saturated rings. The zero-order valence-corrected chi connectivity index (χ0v) is 18.9. The number of hydrogen-bond donors (Lipinski definition) is 1. The van der Waals surface area contributed by atoms with Gasteiger partial charge in [-0.3, -0.25) is 9.69 Å². The molecule has 2 aromatic carbocycles. The molecule has 0 saturated carbocycles. The Morgan fingerprint density at radius 1 is 1.12 bits per heavy atom. The van der Waals surface area contributed by atoms with Gasteiger partial charge in [-0.1, -0.05) is 13.3 Å². The minimum atomic E-state index is -4.99. The minimum Gasteiger partial charge on any atom is -0.507 e. The average Bonchev–Trinajstić information content (AvgIpc) is 2.82. The first kappa shape index (κ1) is 23.9.